The van der Waals surface area contributed by atoms with Crippen molar-refractivity contribution < 1.29 is 19.6 Å². The Hall–Kier alpha value is -2.15. The number of amides is 1. The van der Waals surface area contributed by atoms with E-state index in [0.29, 0.717) is 5.56 Å². The molecule has 0 spiro atoms. The van der Waals surface area contributed by atoms with Crippen LogP contribution in [0.5, 0.6) is 5.75 Å². The third kappa shape index (κ3) is 3.70. The number of carbonyl (C=O) groups is 1. The van der Waals surface area contributed by atoms with Crippen LogP contribution in [0.4, 0.5) is 5.69 Å². The zero-order chi connectivity index (χ0) is 13.5. The van der Waals surface area contributed by atoms with Crippen molar-refractivity contribution in [2.75, 3.05) is 19.8 Å². The van der Waals surface area contributed by atoms with E-state index in [9.17, 15) is 14.9 Å². The Balaban J connectivity index is 2.70. The van der Waals surface area contributed by atoms with Crippen LogP contribution in [0.3, 0.4) is 0 Å². The summed E-state index contributed by atoms with van der Waals surface area (Å²) in [5.74, 6) is -0.390. The van der Waals surface area contributed by atoms with Crippen LogP contribution in [0.2, 0.25) is 0 Å². The number of ether oxygens (including phenoxy) is 1. The fraction of sp³-hybridized carbons (Fsp3) is 0.364. The first-order valence-corrected chi connectivity index (χ1v) is 5.30. The molecule has 1 rings (SSSR count). The van der Waals surface area contributed by atoms with Crippen molar-refractivity contribution in [2.45, 2.75) is 6.92 Å². The molecule has 0 aliphatic heterocycles. The summed E-state index contributed by atoms with van der Waals surface area (Å²) in [4.78, 5) is 21.5. The van der Waals surface area contributed by atoms with Gasteiger partial charge in [-0.2, -0.15) is 0 Å². The quantitative estimate of drug-likeness (QED) is 0.564. The molecule has 0 aromatic heterocycles. The monoisotopic (exact) mass is 254 g/mol. The molecule has 0 fully saturated rings. The third-order valence-electron chi connectivity index (χ3n) is 2.18. The molecule has 7 nitrogen and oxygen atoms in total. The lowest BCUT2D eigenvalue weighted by Crippen LogP contribution is -2.31. The second-order valence-corrected chi connectivity index (χ2v) is 3.54. The largest absolute Gasteiger partial charge is 0.477 e. The molecule has 0 saturated carbocycles. The van der Waals surface area contributed by atoms with Gasteiger partial charge in [0, 0.05) is 12.1 Å². The first-order chi connectivity index (χ1) is 8.56. The van der Waals surface area contributed by atoms with Crippen LogP contribution in [-0.2, 0) is 4.79 Å². The smallest absolute Gasteiger partial charge is 0.313 e. The summed E-state index contributed by atoms with van der Waals surface area (Å²) in [7, 11) is 0. The SMILES string of the molecule is Cc1cccc(OCC(=O)NCCO)c1[N+](=O)[O-]. The fourth-order valence-corrected chi connectivity index (χ4v) is 1.37. The van der Waals surface area contributed by atoms with Gasteiger partial charge in [0.15, 0.2) is 12.4 Å². The molecule has 0 unspecified atom stereocenters. The molecule has 2 N–H and O–H groups in total. The Morgan fingerprint density at radius 2 is 2.28 bits per heavy atom. The second kappa shape index (κ2) is 6.55. The summed E-state index contributed by atoms with van der Waals surface area (Å²) >= 11 is 0. The zero-order valence-corrected chi connectivity index (χ0v) is 9.88. The van der Waals surface area contributed by atoms with Gasteiger partial charge in [-0.25, -0.2) is 0 Å². The molecule has 0 radical (unpaired) electrons. The molecule has 0 heterocycles. The highest BCUT2D eigenvalue weighted by molar-refractivity contribution is 5.77. The molecule has 98 valence electrons. The van der Waals surface area contributed by atoms with E-state index in [2.05, 4.69) is 5.32 Å². The maximum atomic E-state index is 11.2. The fourth-order valence-electron chi connectivity index (χ4n) is 1.37. The van der Waals surface area contributed by atoms with Gasteiger partial charge >= 0.3 is 5.69 Å². The maximum Gasteiger partial charge on any atom is 0.313 e. The molecule has 0 bridgehead atoms. The molecule has 0 atom stereocenters. The molecule has 1 aromatic carbocycles. The van der Waals surface area contributed by atoms with Crippen LogP contribution >= 0.6 is 0 Å². The molecule has 1 aromatic rings. The van der Waals surface area contributed by atoms with Gasteiger partial charge in [0.25, 0.3) is 5.91 Å². The highest BCUT2D eigenvalue weighted by Gasteiger charge is 2.18. The number of hydrogen-bond donors (Lipinski definition) is 2. The molecule has 1 amide bonds. The molecule has 0 aliphatic rings. The van der Waals surface area contributed by atoms with Gasteiger partial charge < -0.3 is 15.2 Å². The standard InChI is InChI=1S/C11H14N2O5/c1-8-3-2-4-9(11(8)13(16)17)18-7-10(15)12-5-6-14/h2-4,14H,5-7H2,1H3,(H,12,15). The summed E-state index contributed by atoms with van der Waals surface area (Å²) in [5.41, 5.74) is 0.320. The zero-order valence-electron chi connectivity index (χ0n) is 9.88. The Kier molecular flexibility index (Phi) is 5.06. The van der Waals surface area contributed by atoms with Crippen molar-refractivity contribution in [3.63, 3.8) is 0 Å². The van der Waals surface area contributed by atoms with Crippen LogP contribution in [0.1, 0.15) is 5.56 Å². The molecule has 7 heteroatoms. The summed E-state index contributed by atoms with van der Waals surface area (Å²) < 4.78 is 5.10. The highest BCUT2D eigenvalue weighted by Crippen LogP contribution is 2.29. The Morgan fingerprint density at radius 1 is 1.56 bits per heavy atom. The predicted octanol–water partition coefficient (Wildman–Crippen LogP) is 0.391. The van der Waals surface area contributed by atoms with Crippen molar-refractivity contribution in [2.24, 2.45) is 0 Å². The average Bonchev–Trinajstić information content (AvgIpc) is 2.33. The summed E-state index contributed by atoms with van der Waals surface area (Å²) in [6.45, 7) is 1.22. The number of nitrogens with zero attached hydrogens (tertiary/aromatic N) is 1. The number of nitro benzene ring substituents is 1. The van der Waals surface area contributed by atoms with Crippen molar-refractivity contribution in [3.05, 3.63) is 33.9 Å². The van der Waals surface area contributed by atoms with Gasteiger partial charge in [0.1, 0.15) is 0 Å². The number of nitrogens with one attached hydrogen (secondary N) is 1. The Labute approximate surface area is 104 Å². The van der Waals surface area contributed by atoms with Gasteiger partial charge in [-0.1, -0.05) is 12.1 Å². The highest BCUT2D eigenvalue weighted by atomic mass is 16.6. The van der Waals surface area contributed by atoms with E-state index < -0.39 is 10.8 Å². The van der Waals surface area contributed by atoms with Crippen LogP contribution in [0, 0.1) is 17.0 Å². The number of carbonyl (C=O) groups excluding carboxylic acids is 1. The number of aliphatic hydroxyl groups is 1. The topological polar surface area (TPSA) is 102 Å². The van der Waals surface area contributed by atoms with Crippen LogP contribution in [0.15, 0.2) is 18.2 Å². The van der Waals surface area contributed by atoms with Gasteiger partial charge in [0.2, 0.25) is 0 Å². The number of aliphatic hydroxyl groups excluding tert-OH is 1. The van der Waals surface area contributed by atoms with Crippen LogP contribution in [0.25, 0.3) is 0 Å². The van der Waals surface area contributed by atoms with E-state index in [0.717, 1.165) is 0 Å². The minimum Gasteiger partial charge on any atom is -0.477 e. The van der Waals surface area contributed by atoms with Crippen LogP contribution < -0.4 is 10.1 Å². The average molecular weight is 254 g/mol. The third-order valence-corrected chi connectivity index (χ3v) is 2.18. The van der Waals surface area contributed by atoms with E-state index in [-0.39, 0.29) is 31.2 Å². The molecule has 0 saturated heterocycles. The lowest BCUT2D eigenvalue weighted by atomic mass is 10.2. The van der Waals surface area contributed by atoms with Gasteiger partial charge in [-0.15, -0.1) is 0 Å². The number of nitro groups is 1. The lowest BCUT2D eigenvalue weighted by molar-refractivity contribution is -0.386. The molecule has 0 aliphatic carbocycles. The number of rotatable bonds is 6. The summed E-state index contributed by atoms with van der Waals surface area (Å²) in [5, 5.41) is 21.7. The normalized spacial score (nSPS) is 9.89. The van der Waals surface area contributed by atoms with E-state index in [1.54, 1.807) is 19.1 Å². The maximum absolute atomic E-state index is 11.2. The molecular weight excluding hydrogens is 240 g/mol. The lowest BCUT2D eigenvalue weighted by Gasteiger charge is -2.08. The van der Waals surface area contributed by atoms with E-state index in [1.165, 1.54) is 6.07 Å². The van der Waals surface area contributed by atoms with Crippen molar-refractivity contribution in [1.29, 1.82) is 0 Å². The second-order valence-electron chi connectivity index (χ2n) is 3.54. The van der Waals surface area contributed by atoms with E-state index >= 15 is 0 Å². The summed E-state index contributed by atoms with van der Waals surface area (Å²) in [6, 6.07) is 4.64. The van der Waals surface area contributed by atoms with Crippen molar-refractivity contribution in [3.8, 4) is 5.75 Å². The number of hydrogen-bond acceptors (Lipinski definition) is 5. The van der Waals surface area contributed by atoms with Gasteiger partial charge in [-0.3, -0.25) is 14.9 Å². The first-order valence-electron chi connectivity index (χ1n) is 5.30. The Morgan fingerprint density at radius 3 is 2.89 bits per heavy atom. The minimum absolute atomic E-state index is 0.0548. The number of benzene rings is 1. The van der Waals surface area contributed by atoms with E-state index in [1.807, 2.05) is 0 Å². The predicted molar refractivity (Wildman–Crippen MR) is 63.4 cm³/mol. The number of para-hydroxylation sites is 1. The van der Waals surface area contributed by atoms with Crippen LogP contribution in [-0.4, -0.2) is 35.7 Å². The van der Waals surface area contributed by atoms with Crippen molar-refractivity contribution >= 4 is 11.6 Å². The van der Waals surface area contributed by atoms with Gasteiger partial charge in [-0.05, 0) is 13.0 Å². The first kappa shape index (κ1) is 13.9. The molecular formula is C11H14N2O5. The van der Waals surface area contributed by atoms with E-state index in [4.69, 9.17) is 9.84 Å². The molecule has 18 heavy (non-hydrogen) atoms. The minimum atomic E-state index is -0.545. The Bertz CT molecular complexity index is 447. The summed E-state index contributed by atoms with van der Waals surface area (Å²) in [6.07, 6.45) is 0. The van der Waals surface area contributed by atoms with Crippen molar-refractivity contribution in [1.82, 2.24) is 5.32 Å². The number of aryl methyl sites for hydroxylation is 1. The van der Waals surface area contributed by atoms with Gasteiger partial charge in [0.05, 0.1) is 11.5 Å².